The van der Waals surface area contributed by atoms with Crippen LogP contribution in [0.25, 0.3) is 0 Å². The molecular formula is C14H27NO4. The zero-order valence-corrected chi connectivity index (χ0v) is 12.9. The van der Waals surface area contributed by atoms with Gasteiger partial charge in [-0.15, -0.1) is 0 Å². The SMILES string of the molecule is CC(C)(C)OC(=O)N1CCC[C@@]1(C)[C@@H](O)C(C)(C)O. The number of amides is 1. The number of aliphatic hydroxyl groups excluding tert-OH is 1. The second-order valence-corrected chi connectivity index (χ2v) is 7.15. The molecule has 1 fully saturated rings. The quantitative estimate of drug-likeness (QED) is 0.806. The standard InChI is InChI=1S/C14H27NO4/c1-12(2,3)19-11(17)15-9-7-8-14(15,6)10(16)13(4,5)18/h10,16,18H,7-9H2,1-6H3/t10-,14-/m0/s1. The lowest BCUT2D eigenvalue weighted by Gasteiger charge is -2.43. The van der Waals surface area contributed by atoms with Crippen molar-refractivity contribution in [2.75, 3.05) is 6.54 Å². The summed E-state index contributed by atoms with van der Waals surface area (Å²) in [5.74, 6) is 0. The maximum Gasteiger partial charge on any atom is 0.410 e. The Morgan fingerprint density at radius 1 is 1.32 bits per heavy atom. The molecule has 1 aliphatic heterocycles. The van der Waals surface area contributed by atoms with E-state index in [0.29, 0.717) is 13.0 Å². The van der Waals surface area contributed by atoms with Crippen molar-refractivity contribution in [1.82, 2.24) is 4.90 Å². The number of rotatable bonds is 2. The Bertz CT molecular complexity index is 342. The van der Waals surface area contributed by atoms with Gasteiger partial charge >= 0.3 is 6.09 Å². The van der Waals surface area contributed by atoms with Gasteiger partial charge in [-0.2, -0.15) is 0 Å². The van der Waals surface area contributed by atoms with E-state index in [1.54, 1.807) is 25.7 Å². The molecule has 5 heteroatoms. The van der Waals surface area contributed by atoms with E-state index < -0.39 is 28.9 Å². The third-order valence-electron chi connectivity index (χ3n) is 3.55. The zero-order chi connectivity index (χ0) is 15.1. The number of hydrogen-bond donors (Lipinski definition) is 2. The molecule has 2 N–H and O–H groups in total. The lowest BCUT2D eigenvalue weighted by Crippen LogP contribution is -2.60. The summed E-state index contributed by atoms with van der Waals surface area (Å²) < 4.78 is 5.37. The van der Waals surface area contributed by atoms with E-state index in [1.807, 2.05) is 20.8 Å². The average molecular weight is 273 g/mol. The van der Waals surface area contributed by atoms with Gasteiger partial charge in [0.2, 0.25) is 0 Å². The molecule has 0 saturated carbocycles. The van der Waals surface area contributed by atoms with Gasteiger partial charge in [0.25, 0.3) is 0 Å². The van der Waals surface area contributed by atoms with Crippen LogP contribution in [-0.2, 0) is 4.74 Å². The van der Waals surface area contributed by atoms with Crippen molar-refractivity contribution in [1.29, 1.82) is 0 Å². The molecule has 5 nitrogen and oxygen atoms in total. The first-order chi connectivity index (χ1) is 8.38. The molecule has 112 valence electrons. The molecule has 0 bridgehead atoms. The van der Waals surface area contributed by atoms with Crippen molar-refractivity contribution >= 4 is 6.09 Å². The molecule has 1 amide bonds. The summed E-state index contributed by atoms with van der Waals surface area (Å²) in [7, 11) is 0. The maximum atomic E-state index is 12.2. The number of aliphatic hydroxyl groups is 2. The third-order valence-corrected chi connectivity index (χ3v) is 3.55. The van der Waals surface area contributed by atoms with Gasteiger partial charge in [-0.1, -0.05) is 0 Å². The summed E-state index contributed by atoms with van der Waals surface area (Å²) in [5.41, 5.74) is -2.62. The summed E-state index contributed by atoms with van der Waals surface area (Å²) in [6.45, 7) is 10.9. The van der Waals surface area contributed by atoms with Crippen LogP contribution < -0.4 is 0 Å². The van der Waals surface area contributed by atoms with Crippen LogP contribution in [0.15, 0.2) is 0 Å². The van der Waals surface area contributed by atoms with E-state index in [1.165, 1.54) is 0 Å². The predicted molar refractivity (Wildman–Crippen MR) is 72.9 cm³/mol. The van der Waals surface area contributed by atoms with Gasteiger partial charge in [0, 0.05) is 6.54 Å². The minimum Gasteiger partial charge on any atom is -0.444 e. The van der Waals surface area contributed by atoms with Crippen molar-refractivity contribution in [2.24, 2.45) is 0 Å². The van der Waals surface area contributed by atoms with Crippen LogP contribution in [0.3, 0.4) is 0 Å². The molecule has 1 rings (SSSR count). The molecule has 19 heavy (non-hydrogen) atoms. The van der Waals surface area contributed by atoms with E-state index >= 15 is 0 Å². The van der Waals surface area contributed by atoms with Crippen LogP contribution in [0, 0.1) is 0 Å². The highest BCUT2D eigenvalue weighted by Gasteiger charge is 2.51. The van der Waals surface area contributed by atoms with Crippen LogP contribution in [0.5, 0.6) is 0 Å². The Hall–Kier alpha value is -0.810. The van der Waals surface area contributed by atoms with E-state index in [2.05, 4.69) is 0 Å². The number of nitrogens with zero attached hydrogens (tertiary/aromatic N) is 1. The third kappa shape index (κ3) is 3.60. The highest BCUT2D eigenvalue weighted by atomic mass is 16.6. The fraction of sp³-hybridized carbons (Fsp3) is 0.929. The monoisotopic (exact) mass is 273 g/mol. The van der Waals surface area contributed by atoms with Crippen molar-refractivity contribution in [2.45, 2.75) is 77.2 Å². The first-order valence-electron chi connectivity index (χ1n) is 6.79. The number of ether oxygens (including phenoxy) is 1. The molecular weight excluding hydrogens is 246 g/mol. The van der Waals surface area contributed by atoms with E-state index in [0.717, 1.165) is 6.42 Å². The van der Waals surface area contributed by atoms with E-state index in [9.17, 15) is 15.0 Å². The highest BCUT2D eigenvalue weighted by Crippen LogP contribution is 2.37. The van der Waals surface area contributed by atoms with Crippen molar-refractivity contribution in [3.8, 4) is 0 Å². The largest absolute Gasteiger partial charge is 0.444 e. The van der Waals surface area contributed by atoms with Crippen molar-refractivity contribution in [3.05, 3.63) is 0 Å². The predicted octanol–water partition coefficient (Wildman–Crippen LogP) is 1.91. The molecule has 1 saturated heterocycles. The van der Waals surface area contributed by atoms with Crippen LogP contribution in [0.4, 0.5) is 4.79 Å². The molecule has 1 aliphatic rings. The van der Waals surface area contributed by atoms with Gasteiger partial charge in [0.15, 0.2) is 0 Å². The molecule has 0 aliphatic carbocycles. The van der Waals surface area contributed by atoms with Crippen LogP contribution in [-0.4, -0.2) is 50.6 Å². The maximum absolute atomic E-state index is 12.2. The van der Waals surface area contributed by atoms with Crippen molar-refractivity contribution < 1.29 is 19.7 Å². The molecule has 0 aromatic rings. The molecule has 0 spiro atoms. The summed E-state index contributed by atoms with van der Waals surface area (Å²) >= 11 is 0. The lowest BCUT2D eigenvalue weighted by molar-refractivity contribution is -0.114. The first kappa shape index (κ1) is 16.2. The highest BCUT2D eigenvalue weighted by molar-refractivity contribution is 5.69. The zero-order valence-electron chi connectivity index (χ0n) is 12.9. The Balaban J connectivity index is 2.92. The fourth-order valence-electron chi connectivity index (χ4n) is 2.65. The molecule has 1 heterocycles. The topological polar surface area (TPSA) is 70.0 Å². The molecule has 2 atom stereocenters. The van der Waals surface area contributed by atoms with Gasteiger partial charge in [-0.25, -0.2) is 4.79 Å². The Kier molecular flexibility index (Phi) is 4.23. The summed E-state index contributed by atoms with van der Waals surface area (Å²) in [6, 6.07) is 0. The summed E-state index contributed by atoms with van der Waals surface area (Å²) in [4.78, 5) is 13.8. The first-order valence-corrected chi connectivity index (χ1v) is 6.79. The van der Waals surface area contributed by atoms with Gasteiger partial charge in [-0.3, -0.25) is 0 Å². The Morgan fingerprint density at radius 3 is 2.26 bits per heavy atom. The summed E-state index contributed by atoms with van der Waals surface area (Å²) in [5, 5.41) is 20.4. The smallest absolute Gasteiger partial charge is 0.410 e. The lowest BCUT2D eigenvalue weighted by atomic mass is 9.82. The Morgan fingerprint density at radius 2 is 1.84 bits per heavy atom. The minimum atomic E-state index is -1.26. The molecule has 0 unspecified atom stereocenters. The minimum absolute atomic E-state index is 0.434. The van der Waals surface area contributed by atoms with Crippen LogP contribution in [0.2, 0.25) is 0 Å². The molecule has 0 radical (unpaired) electrons. The number of hydrogen-bond acceptors (Lipinski definition) is 4. The molecule has 0 aromatic heterocycles. The van der Waals surface area contributed by atoms with E-state index in [4.69, 9.17) is 4.74 Å². The van der Waals surface area contributed by atoms with Crippen LogP contribution >= 0.6 is 0 Å². The van der Waals surface area contributed by atoms with Gasteiger partial charge in [0.1, 0.15) is 11.7 Å². The van der Waals surface area contributed by atoms with E-state index in [-0.39, 0.29) is 0 Å². The van der Waals surface area contributed by atoms with Crippen LogP contribution in [0.1, 0.15) is 54.4 Å². The number of carbonyl (C=O) groups excluding carboxylic acids is 1. The van der Waals surface area contributed by atoms with Gasteiger partial charge in [-0.05, 0) is 54.4 Å². The second-order valence-electron chi connectivity index (χ2n) is 7.15. The van der Waals surface area contributed by atoms with Crippen molar-refractivity contribution in [3.63, 3.8) is 0 Å². The summed E-state index contributed by atoms with van der Waals surface area (Å²) in [6.07, 6.45) is -0.00822. The number of likely N-dealkylation sites (tertiary alicyclic amines) is 1. The normalized spacial score (nSPS) is 26.4. The van der Waals surface area contributed by atoms with Gasteiger partial charge in [0.05, 0.1) is 11.1 Å². The Labute approximate surface area is 115 Å². The number of carbonyl (C=O) groups is 1. The second kappa shape index (κ2) is 4.94. The average Bonchev–Trinajstić information content (AvgIpc) is 2.56. The van der Waals surface area contributed by atoms with Gasteiger partial charge < -0.3 is 19.8 Å². The molecule has 0 aromatic carbocycles. The fourth-order valence-corrected chi connectivity index (χ4v) is 2.65.